The Morgan fingerprint density at radius 1 is 0.944 bits per heavy atom. The van der Waals surface area contributed by atoms with Crippen LogP contribution >= 0.6 is 0 Å². The van der Waals surface area contributed by atoms with E-state index in [-0.39, 0.29) is 0 Å². The normalized spacial score (nSPS) is 10.1. The molecule has 0 radical (unpaired) electrons. The number of para-hydroxylation sites is 1. The van der Waals surface area contributed by atoms with Gasteiger partial charge in [-0.15, -0.1) is 0 Å². The third kappa shape index (κ3) is 2.02. The molecule has 2 rings (SSSR count). The lowest BCUT2D eigenvalue weighted by Crippen LogP contribution is -2.00. The van der Waals surface area contributed by atoms with Crippen molar-refractivity contribution in [2.45, 2.75) is 0 Å². The first-order valence-corrected chi connectivity index (χ1v) is 5.40. The van der Waals surface area contributed by atoms with Gasteiger partial charge in [0.15, 0.2) is 11.5 Å². The Bertz CT molecular complexity index is 570. The molecule has 4 N–H and O–H groups in total. The summed E-state index contributed by atoms with van der Waals surface area (Å²) >= 11 is 0. The fraction of sp³-hybridized carbons (Fsp3) is 0.154. The Morgan fingerprint density at radius 3 is 2.33 bits per heavy atom. The molecule has 1 aromatic heterocycles. The van der Waals surface area contributed by atoms with Gasteiger partial charge in [0.2, 0.25) is 0 Å². The number of nitrogen functional groups attached to an aromatic ring is 2. The van der Waals surface area contributed by atoms with Crippen molar-refractivity contribution >= 4 is 11.6 Å². The van der Waals surface area contributed by atoms with Crippen LogP contribution in [-0.4, -0.2) is 19.2 Å². The van der Waals surface area contributed by atoms with Crippen LogP contribution in [0, 0.1) is 0 Å². The predicted octanol–water partition coefficient (Wildman–Crippen LogP) is 1.93. The SMILES string of the molecule is COc1cccc(-c2ccc(N)nc2N)c1OC. The monoisotopic (exact) mass is 245 g/mol. The van der Waals surface area contributed by atoms with Crippen LogP contribution in [-0.2, 0) is 0 Å². The predicted molar refractivity (Wildman–Crippen MR) is 71.6 cm³/mol. The molecule has 0 atom stereocenters. The van der Waals surface area contributed by atoms with Gasteiger partial charge in [-0.05, 0) is 18.2 Å². The summed E-state index contributed by atoms with van der Waals surface area (Å²) in [7, 11) is 3.18. The molecule has 0 fully saturated rings. The van der Waals surface area contributed by atoms with Gasteiger partial charge in [0.05, 0.1) is 14.2 Å². The number of rotatable bonds is 3. The molecule has 0 amide bonds. The maximum absolute atomic E-state index is 5.88. The molecule has 0 spiro atoms. The Balaban J connectivity index is 2.63. The number of ether oxygens (including phenoxy) is 2. The summed E-state index contributed by atoms with van der Waals surface area (Å²) in [5.41, 5.74) is 13.1. The van der Waals surface area contributed by atoms with Gasteiger partial charge in [-0.1, -0.05) is 12.1 Å². The first-order chi connectivity index (χ1) is 8.67. The van der Waals surface area contributed by atoms with Gasteiger partial charge < -0.3 is 20.9 Å². The molecule has 0 bridgehead atoms. The van der Waals surface area contributed by atoms with Gasteiger partial charge in [0.25, 0.3) is 0 Å². The van der Waals surface area contributed by atoms with Crippen LogP contribution in [0.2, 0.25) is 0 Å². The molecular formula is C13H15N3O2. The lowest BCUT2D eigenvalue weighted by atomic mass is 10.0. The van der Waals surface area contributed by atoms with E-state index in [1.165, 1.54) is 0 Å². The number of benzene rings is 1. The zero-order chi connectivity index (χ0) is 13.1. The molecular weight excluding hydrogens is 230 g/mol. The maximum Gasteiger partial charge on any atom is 0.168 e. The number of anilines is 2. The first-order valence-electron chi connectivity index (χ1n) is 5.40. The molecule has 0 unspecified atom stereocenters. The Morgan fingerprint density at radius 2 is 1.72 bits per heavy atom. The van der Waals surface area contributed by atoms with E-state index in [1.54, 1.807) is 20.3 Å². The van der Waals surface area contributed by atoms with E-state index >= 15 is 0 Å². The van der Waals surface area contributed by atoms with Crippen molar-refractivity contribution in [3.8, 4) is 22.6 Å². The zero-order valence-corrected chi connectivity index (χ0v) is 10.3. The lowest BCUT2D eigenvalue weighted by molar-refractivity contribution is 0.356. The molecule has 5 nitrogen and oxygen atoms in total. The first kappa shape index (κ1) is 12.0. The van der Waals surface area contributed by atoms with Crippen molar-refractivity contribution in [1.82, 2.24) is 4.98 Å². The van der Waals surface area contributed by atoms with Crippen LogP contribution in [0.4, 0.5) is 11.6 Å². The standard InChI is InChI=1S/C13H15N3O2/c1-17-10-5-3-4-8(12(10)18-2)9-6-7-11(14)16-13(9)15/h3-7H,1-2H3,(H4,14,15,16). The average Bonchev–Trinajstić information content (AvgIpc) is 2.37. The van der Waals surface area contributed by atoms with Gasteiger partial charge in [-0.25, -0.2) is 4.98 Å². The topological polar surface area (TPSA) is 83.4 Å². The Kier molecular flexibility index (Phi) is 3.23. The van der Waals surface area contributed by atoms with Crippen LogP contribution in [0.15, 0.2) is 30.3 Å². The summed E-state index contributed by atoms with van der Waals surface area (Å²) < 4.78 is 10.6. The van der Waals surface area contributed by atoms with Gasteiger partial charge in [-0.2, -0.15) is 0 Å². The summed E-state index contributed by atoms with van der Waals surface area (Å²) in [6, 6.07) is 9.10. The molecule has 0 aliphatic carbocycles. The largest absolute Gasteiger partial charge is 0.493 e. The smallest absolute Gasteiger partial charge is 0.168 e. The van der Waals surface area contributed by atoms with Crippen molar-refractivity contribution in [3.05, 3.63) is 30.3 Å². The Hall–Kier alpha value is -2.43. The van der Waals surface area contributed by atoms with E-state index in [4.69, 9.17) is 20.9 Å². The molecule has 1 heterocycles. The fourth-order valence-corrected chi connectivity index (χ4v) is 1.82. The molecule has 0 saturated heterocycles. The molecule has 94 valence electrons. The van der Waals surface area contributed by atoms with E-state index in [0.29, 0.717) is 23.1 Å². The van der Waals surface area contributed by atoms with Crippen molar-refractivity contribution in [2.24, 2.45) is 0 Å². The van der Waals surface area contributed by atoms with Crippen LogP contribution in [0.25, 0.3) is 11.1 Å². The van der Waals surface area contributed by atoms with Crippen LogP contribution in [0.1, 0.15) is 0 Å². The average molecular weight is 245 g/mol. The summed E-state index contributed by atoms with van der Waals surface area (Å²) in [4.78, 5) is 4.04. The van der Waals surface area contributed by atoms with Gasteiger partial charge in [-0.3, -0.25) is 0 Å². The third-order valence-electron chi connectivity index (χ3n) is 2.64. The van der Waals surface area contributed by atoms with Gasteiger partial charge in [0.1, 0.15) is 11.6 Å². The second-order valence-corrected chi connectivity index (χ2v) is 3.71. The number of hydrogen-bond acceptors (Lipinski definition) is 5. The minimum Gasteiger partial charge on any atom is -0.493 e. The summed E-state index contributed by atoms with van der Waals surface area (Å²) in [6.07, 6.45) is 0. The van der Waals surface area contributed by atoms with Crippen molar-refractivity contribution < 1.29 is 9.47 Å². The molecule has 5 heteroatoms. The van der Waals surface area contributed by atoms with Crippen molar-refractivity contribution in [1.29, 1.82) is 0 Å². The molecule has 0 saturated carbocycles. The molecule has 18 heavy (non-hydrogen) atoms. The Labute approximate surface area is 105 Å². The number of aromatic nitrogens is 1. The highest BCUT2D eigenvalue weighted by atomic mass is 16.5. The zero-order valence-electron chi connectivity index (χ0n) is 10.3. The second kappa shape index (κ2) is 4.83. The van der Waals surface area contributed by atoms with Gasteiger partial charge >= 0.3 is 0 Å². The third-order valence-corrected chi connectivity index (χ3v) is 2.64. The summed E-state index contributed by atoms with van der Waals surface area (Å²) in [5.74, 6) is 2.02. The van der Waals surface area contributed by atoms with E-state index in [9.17, 15) is 0 Å². The van der Waals surface area contributed by atoms with Crippen molar-refractivity contribution in [2.75, 3.05) is 25.7 Å². The molecule has 2 aromatic rings. The van der Waals surface area contributed by atoms with Gasteiger partial charge in [0, 0.05) is 11.1 Å². The number of nitrogens with two attached hydrogens (primary N) is 2. The van der Waals surface area contributed by atoms with Crippen LogP contribution in [0.5, 0.6) is 11.5 Å². The molecule has 1 aromatic carbocycles. The van der Waals surface area contributed by atoms with E-state index in [0.717, 1.165) is 11.1 Å². The quantitative estimate of drug-likeness (QED) is 0.863. The fourth-order valence-electron chi connectivity index (χ4n) is 1.82. The molecule has 0 aliphatic rings. The van der Waals surface area contributed by atoms with Crippen LogP contribution in [0.3, 0.4) is 0 Å². The number of hydrogen-bond donors (Lipinski definition) is 2. The highest BCUT2D eigenvalue weighted by Gasteiger charge is 2.14. The van der Waals surface area contributed by atoms with Crippen molar-refractivity contribution in [3.63, 3.8) is 0 Å². The number of nitrogens with zero attached hydrogens (tertiary/aromatic N) is 1. The second-order valence-electron chi connectivity index (χ2n) is 3.71. The lowest BCUT2D eigenvalue weighted by Gasteiger charge is -2.13. The van der Waals surface area contributed by atoms with E-state index in [1.807, 2.05) is 24.3 Å². The molecule has 0 aliphatic heterocycles. The van der Waals surface area contributed by atoms with E-state index in [2.05, 4.69) is 4.98 Å². The highest BCUT2D eigenvalue weighted by Crippen LogP contribution is 2.39. The maximum atomic E-state index is 5.88. The number of pyridine rings is 1. The minimum absolute atomic E-state index is 0.363. The summed E-state index contributed by atoms with van der Waals surface area (Å²) in [5, 5.41) is 0. The minimum atomic E-state index is 0.363. The number of methoxy groups -OCH3 is 2. The summed E-state index contributed by atoms with van der Waals surface area (Å²) in [6.45, 7) is 0. The van der Waals surface area contributed by atoms with E-state index < -0.39 is 0 Å². The highest BCUT2D eigenvalue weighted by molar-refractivity contribution is 5.81. The van der Waals surface area contributed by atoms with Crippen LogP contribution < -0.4 is 20.9 Å².